The van der Waals surface area contributed by atoms with Gasteiger partial charge in [0, 0.05) is 23.4 Å². The summed E-state index contributed by atoms with van der Waals surface area (Å²) in [5.74, 6) is 0. The number of carbonyl (C=O) groups is 2. The number of carbonyl (C=O) groups excluding carboxylic acids is 2. The third kappa shape index (κ3) is 3.19. The summed E-state index contributed by atoms with van der Waals surface area (Å²) in [5.41, 5.74) is -0.0306. The minimum atomic E-state index is -3.40. The topological polar surface area (TPSA) is 82.4 Å². The zero-order valence-electron chi connectivity index (χ0n) is 12.8. The van der Waals surface area contributed by atoms with E-state index < -0.39 is 21.5 Å². The molecule has 118 valence electrons. The Morgan fingerprint density at radius 1 is 1.27 bits per heavy atom. The Morgan fingerprint density at radius 3 is 2.41 bits per heavy atom. The summed E-state index contributed by atoms with van der Waals surface area (Å²) in [6.45, 7) is 5.21. The molecule has 0 spiro atoms. The molecule has 1 heterocycles. The molecule has 0 bridgehead atoms. The third-order valence-corrected chi connectivity index (χ3v) is 4.06. The molecule has 0 saturated carbocycles. The van der Waals surface area contributed by atoms with Gasteiger partial charge in [0.2, 0.25) is 0 Å². The Labute approximate surface area is 128 Å². The van der Waals surface area contributed by atoms with E-state index in [9.17, 15) is 18.0 Å². The zero-order valence-corrected chi connectivity index (χ0v) is 13.6. The molecule has 2 aromatic rings. The van der Waals surface area contributed by atoms with E-state index in [2.05, 4.69) is 0 Å². The van der Waals surface area contributed by atoms with Crippen LogP contribution in [0.1, 0.15) is 31.1 Å². The van der Waals surface area contributed by atoms with Crippen molar-refractivity contribution in [1.29, 1.82) is 0 Å². The third-order valence-electron chi connectivity index (χ3n) is 2.95. The number of benzene rings is 1. The molecule has 0 fully saturated rings. The molecule has 0 aliphatic carbocycles. The molecule has 0 atom stereocenters. The molecule has 1 aromatic heterocycles. The second kappa shape index (κ2) is 5.24. The number of aromatic nitrogens is 1. The van der Waals surface area contributed by atoms with Crippen molar-refractivity contribution in [2.75, 3.05) is 6.26 Å². The summed E-state index contributed by atoms with van der Waals surface area (Å²) in [5, 5.41) is 0.392. The van der Waals surface area contributed by atoms with Crippen molar-refractivity contribution in [2.24, 2.45) is 0 Å². The van der Waals surface area contributed by atoms with Crippen molar-refractivity contribution in [3.8, 4) is 0 Å². The molecule has 0 amide bonds. The molecule has 22 heavy (non-hydrogen) atoms. The Morgan fingerprint density at radius 2 is 1.91 bits per heavy atom. The average molecular weight is 323 g/mol. The average Bonchev–Trinajstić information content (AvgIpc) is 2.73. The van der Waals surface area contributed by atoms with Crippen LogP contribution >= 0.6 is 0 Å². The van der Waals surface area contributed by atoms with Crippen LogP contribution in [0.2, 0.25) is 0 Å². The van der Waals surface area contributed by atoms with E-state index in [0.717, 1.165) is 6.26 Å². The lowest BCUT2D eigenvalue weighted by Crippen LogP contribution is -2.26. The maximum atomic E-state index is 12.2. The predicted octanol–water partition coefficient (Wildman–Crippen LogP) is 2.64. The first-order chi connectivity index (χ1) is 10.0. The van der Waals surface area contributed by atoms with Crippen LogP contribution in [0.25, 0.3) is 10.9 Å². The highest BCUT2D eigenvalue weighted by atomic mass is 32.2. The van der Waals surface area contributed by atoms with Crippen LogP contribution in [0.15, 0.2) is 29.3 Å². The quantitative estimate of drug-likeness (QED) is 0.793. The number of fused-ring (bicyclic) bond motifs is 1. The molecule has 0 aliphatic rings. The largest absolute Gasteiger partial charge is 0.443 e. The summed E-state index contributed by atoms with van der Waals surface area (Å²) in [7, 11) is -3.40. The van der Waals surface area contributed by atoms with Gasteiger partial charge in [-0.3, -0.25) is 9.36 Å². The second-order valence-corrected chi connectivity index (χ2v) is 8.02. The minimum absolute atomic E-state index is 0.0880. The smallest absolute Gasteiger partial charge is 0.419 e. The number of ether oxygens (including phenoxy) is 1. The molecular weight excluding hydrogens is 306 g/mol. The van der Waals surface area contributed by atoms with Crippen LogP contribution in [-0.4, -0.2) is 37.2 Å². The summed E-state index contributed by atoms with van der Waals surface area (Å²) >= 11 is 0. The summed E-state index contributed by atoms with van der Waals surface area (Å²) in [6, 6.07) is 4.27. The van der Waals surface area contributed by atoms with Crippen LogP contribution in [0.3, 0.4) is 0 Å². The van der Waals surface area contributed by atoms with Crippen LogP contribution < -0.4 is 0 Å². The molecule has 6 nitrogen and oxygen atoms in total. The van der Waals surface area contributed by atoms with Gasteiger partial charge in [-0.2, -0.15) is 0 Å². The summed E-state index contributed by atoms with van der Waals surface area (Å²) in [6.07, 6.45) is 2.38. The highest BCUT2D eigenvalue weighted by Gasteiger charge is 2.21. The number of sulfone groups is 1. The predicted molar refractivity (Wildman–Crippen MR) is 82.1 cm³/mol. The molecule has 0 radical (unpaired) electrons. The van der Waals surface area contributed by atoms with E-state index in [1.54, 1.807) is 20.8 Å². The minimum Gasteiger partial charge on any atom is -0.443 e. The van der Waals surface area contributed by atoms with Gasteiger partial charge >= 0.3 is 6.09 Å². The van der Waals surface area contributed by atoms with Gasteiger partial charge < -0.3 is 4.74 Å². The van der Waals surface area contributed by atoms with Crippen LogP contribution in [0.4, 0.5) is 4.79 Å². The lowest BCUT2D eigenvalue weighted by Gasteiger charge is -2.19. The van der Waals surface area contributed by atoms with Gasteiger partial charge in [-0.25, -0.2) is 13.2 Å². The number of nitrogens with zero attached hydrogens (tertiary/aromatic N) is 1. The van der Waals surface area contributed by atoms with E-state index in [-0.39, 0.29) is 10.5 Å². The highest BCUT2D eigenvalue weighted by molar-refractivity contribution is 7.90. The second-order valence-electron chi connectivity index (χ2n) is 6.00. The molecule has 0 unspecified atom stereocenters. The fourth-order valence-corrected chi connectivity index (χ4v) is 2.67. The van der Waals surface area contributed by atoms with Gasteiger partial charge in [-0.15, -0.1) is 0 Å². The first-order valence-corrected chi connectivity index (χ1v) is 8.46. The number of aldehydes is 1. The Kier molecular flexibility index (Phi) is 3.87. The van der Waals surface area contributed by atoms with Gasteiger partial charge in [-0.1, -0.05) is 0 Å². The zero-order chi connectivity index (χ0) is 16.7. The molecule has 1 aromatic carbocycles. The monoisotopic (exact) mass is 323 g/mol. The molecule has 0 saturated heterocycles. The SMILES string of the molecule is CC(C)(C)OC(=O)n1cc(C=O)c2cc(S(C)(=O)=O)ccc21. The first kappa shape index (κ1) is 16.2. The summed E-state index contributed by atoms with van der Waals surface area (Å²) in [4.78, 5) is 23.5. The normalized spacial score (nSPS) is 12.4. The molecular formula is C15H17NO5S. The first-order valence-electron chi connectivity index (χ1n) is 6.56. The fourth-order valence-electron chi connectivity index (χ4n) is 2.02. The van der Waals surface area contributed by atoms with Gasteiger partial charge in [0.15, 0.2) is 16.1 Å². The Hall–Kier alpha value is -2.15. The Balaban J connectivity index is 2.64. The van der Waals surface area contributed by atoms with E-state index in [1.165, 1.54) is 29.0 Å². The van der Waals surface area contributed by atoms with Gasteiger partial charge in [-0.05, 0) is 39.0 Å². The van der Waals surface area contributed by atoms with Crippen molar-refractivity contribution in [1.82, 2.24) is 4.57 Å². The van der Waals surface area contributed by atoms with Crippen LogP contribution in [-0.2, 0) is 14.6 Å². The van der Waals surface area contributed by atoms with Crippen molar-refractivity contribution < 1.29 is 22.7 Å². The van der Waals surface area contributed by atoms with Crippen molar-refractivity contribution in [2.45, 2.75) is 31.3 Å². The van der Waals surface area contributed by atoms with Crippen molar-refractivity contribution in [3.63, 3.8) is 0 Å². The van der Waals surface area contributed by atoms with E-state index in [1.807, 2.05) is 0 Å². The maximum absolute atomic E-state index is 12.2. The molecule has 0 N–H and O–H groups in total. The van der Waals surface area contributed by atoms with E-state index in [4.69, 9.17) is 4.74 Å². The van der Waals surface area contributed by atoms with Crippen LogP contribution in [0, 0.1) is 0 Å². The molecule has 2 rings (SSSR count). The van der Waals surface area contributed by atoms with E-state index in [0.29, 0.717) is 17.2 Å². The number of hydrogen-bond donors (Lipinski definition) is 0. The highest BCUT2D eigenvalue weighted by Crippen LogP contribution is 2.25. The Bertz CT molecular complexity index is 856. The van der Waals surface area contributed by atoms with Crippen molar-refractivity contribution >= 4 is 33.1 Å². The lowest BCUT2D eigenvalue weighted by molar-refractivity contribution is 0.0544. The fraction of sp³-hybridized carbons (Fsp3) is 0.333. The van der Waals surface area contributed by atoms with E-state index >= 15 is 0 Å². The number of rotatable bonds is 2. The van der Waals surface area contributed by atoms with Crippen LogP contribution in [0.5, 0.6) is 0 Å². The standard InChI is InChI=1S/C15H17NO5S/c1-15(2,3)21-14(18)16-8-10(9-17)12-7-11(22(4,19)20)5-6-13(12)16/h5-9H,1-4H3. The summed E-state index contributed by atoms with van der Waals surface area (Å²) < 4.78 is 29.7. The van der Waals surface area contributed by atoms with Gasteiger partial charge in [0.25, 0.3) is 0 Å². The maximum Gasteiger partial charge on any atom is 0.419 e. The molecule has 7 heteroatoms. The van der Waals surface area contributed by atoms with Gasteiger partial charge in [0.05, 0.1) is 10.4 Å². The molecule has 0 aliphatic heterocycles. The lowest BCUT2D eigenvalue weighted by atomic mass is 10.2. The number of hydrogen-bond acceptors (Lipinski definition) is 5. The van der Waals surface area contributed by atoms with Gasteiger partial charge in [0.1, 0.15) is 5.60 Å². The van der Waals surface area contributed by atoms with Crippen molar-refractivity contribution in [3.05, 3.63) is 30.0 Å².